The van der Waals surface area contributed by atoms with Crippen molar-refractivity contribution in [3.63, 3.8) is 0 Å². The Kier molecular flexibility index (Phi) is 2.09. The highest BCUT2D eigenvalue weighted by Gasteiger charge is 2.20. The van der Waals surface area contributed by atoms with Crippen molar-refractivity contribution >= 4 is 5.69 Å². The summed E-state index contributed by atoms with van der Waals surface area (Å²) in [5.74, 6) is -0.368. The molecule has 0 spiro atoms. The predicted octanol–water partition coefficient (Wildman–Crippen LogP) is 1.49. The Morgan fingerprint density at radius 3 is 2.80 bits per heavy atom. The van der Waals surface area contributed by atoms with Crippen LogP contribution in [0.3, 0.4) is 0 Å². The van der Waals surface area contributed by atoms with Crippen molar-refractivity contribution in [3.8, 4) is 11.4 Å². The van der Waals surface area contributed by atoms with E-state index in [-0.39, 0.29) is 17.1 Å². The Hall–Kier alpha value is -2.37. The van der Waals surface area contributed by atoms with E-state index in [2.05, 4.69) is 5.10 Å². The lowest BCUT2D eigenvalue weighted by Crippen LogP contribution is -2.00. The summed E-state index contributed by atoms with van der Waals surface area (Å²) in [5, 5.41) is 24.0. The molecule has 0 saturated carbocycles. The van der Waals surface area contributed by atoms with Gasteiger partial charge in [-0.15, -0.1) is 0 Å². The van der Waals surface area contributed by atoms with Gasteiger partial charge in [0, 0.05) is 12.4 Å². The molecular weight excluding hydrogens is 198 g/mol. The summed E-state index contributed by atoms with van der Waals surface area (Å²) in [4.78, 5) is 10.1. The van der Waals surface area contributed by atoms with Crippen LogP contribution in [0.4, 0.5) is 5.69 Å². The van der Waals surface area contributed by atoms with Crippen LogP contribution in [0.2, 0.25) is 0 Å². The van der Waals surface area contributed by atoms with E-state index in [1.165, 1.54) is 29.1 Å². The van der Waals surface area contributed by atoms with Gasteiger partial charge in [0.25, 0.3) is 0 Å². The molecule has 1 heterocycles. The van der Waals surface area contributed by atoms with Crippen LogP contribution in [0, 0.1) is 10.1 Å². The molecule has 2 rings (SSSR count). The van der Waals surface area contributed by atoms with Gasteiger partial charge in [-0.1, -0.05) is 6.07 Å². The monoisotopic (exact) mass is 205 g/mol. The van der Waals surface area contributed by atoms with E-state index >= 15 is 0 Å². The Morgan fingerprint density at radius 2 is 2.20 bits per heavy atom. The average Bonchev–Trinajstić information content (AvgIpc) is 2.69. The summed E-state index contributed by atoms with van der Waals surface area (Å²) in [6.07, 6.45) is 3.08. The summed E-state index contributed by atoms with van der Waals surface area (Å²) in [6.45, 7) is 0. The highest BCUT2D eigenvalue weighted by molar-refractivity contribution is 5.60. The maximum absolute atomic E-state index is 10.7. The van der Waals surface area contributed by atoms with Gasteiger partial charge in [0.1, 0.15) is 5.69 Å². The number of nitro benzene ring substituents is 1. The summed E-state index contributed by atoms with van der Waals surface area (Å²) >= 11 is 0. The Morgan fingerprint density at radius 1 is 1.40 bits per heavy atom. The van der Waals surface area contributed by atoms with E-state index < -0.39 is 4.92 Å². The van der Waals surface area contributed by atoms with E-state index in [0.717, 1.165) is 0 Å². The molecule has 0 amide bonds. The maximum atomic E-state index is 10.7. The summed E-state index contributed by atoms with van der Waals surface area (Å²) in [7, 11) is 0. The number of phenols is 1. The molecule has 0 bridgehead atoms. The van der Waals surface area contributed by atoms with E-state index in [9.17, 15) is 15.2 Å². The number of phenolic OH excluding ortho intramolecular Hbond substituents is 1. The molecule has 0 aliphatic heterocycles. The summed E-state index contributed by atoms with van der Waals surface area (Å²) in [5.41, 5.74) is -0.105. The molecule has 0 aliphatic rings. The van der Waals surface area contributed by atoms with Gasteiger partial charge in [0.2, 0.25) is 0 Å². The largest absolute Gasteiger partial charge is 0.502 e. The third-order valence-electron chi connectivity index (χ3n) is 1.93. The van der Waals surface area contributed by atoms with Crippen molar-refractivity contribution in [1.29, 1.82) is 0 Å². The lowest BCUT2D eigenvalue weighted by molar-refractivity contribution is -0.385. The van der Waals surface area contributed by atoms with Gasteiger partial charge in [0.15, 0.2) is 5.75 Å². The van der Waals surface area contributed by atoms with Gasteiger partial charge in [-0.25, -0.2) is 4.68 Å². The highest BCUT2D eigenvalue weighted by atomic mass is 16.6. The fourth-order valence-electron chi connectivity index (χ4n) is 1.30. The molecule has 76 valence electrons. The van der Waals surface area contributed by atoms with Gasteiger partial charge >= 0.3 is 5.69 Å². The fourth-order valence-corrected chi connectivity index (χ4v) is 1.30. The smallest absolute Gasteiger partial charge is 0.336 e. The Balaban J connectivity index is 2.66. The van der Waals surface area contributed by atoms with Crippen LogP contribution in [-0.4, -0.2) is 19.8 Å². The number of nitro groups is 1. The molecule has 1 aromatic heterocycles. The van der Waals surface area contributed by atoms with Crippen LogP contribution in [0.15, 0.2) is 36.7 Å². The normalized spacial score (nSPS) is 10.1. The molecule has 6 heteroatoms. The topological polar surface area (TPSA) is 81.2 Å². The summed E-state index contributed by atoms with van der Waals surface area (Å²) in [6, 6.07) is 5.96. The molecular formula is C9H7N3O3. The standard InChI is InChI=1S/C9H7N3O3/c13-8-4-1-3-7(9(8)12(14)15)11-6-2-5-10-11/h1-6,13H. The number of hydrogen-bond donors (Lipinski definition) is 1. The number of rotatable bonds is 2. The Bertz CT molecular complexity index is 493. The van der Waals surface area contributed by atoms with Crippen molar-refractivity contribution in [1.82, 2.24) is 9.78 Å². The molecule has 15 heavy (non-hydrogen) atoms. The van der Waals surface area contributed by atoms with Crippen LogP contribution in [0.1, 0.15) is 0 Å². The highest BCUT2D eigenvalue weighted by Crippen LogP contribution is 2.31. The summed E-state index contributed by atoms with van der Waals surface area (Å²) < 4.78 is 1.33. The van der Waals surface area contributed by atoms with E-state index in [1.54, 1.807) is 12.3 Å². The first kappa shape index (κ1) is 9.20. The number of aromatic hydroxyl groups is 1. The van der Waals surface area contributed by atoms with Crippen LogP contribution in [0.5, 0.6) is 5.75 Å². The SMILES string of the molecule is O=[N+]([O-])c1c(O)cccc1-n1cccn1. The van der Waals surface area contributed by atoms with Crippen LogP contribution in [0.25, 0.3) is 5.69 Å². The number of nitrogens with zero attached hydrogens (tertiary/aromatic N) is 3. The predicted molar refractivity (Wildman–Crippen MR) is 51.9 cm³/mol. The second kappa shape index (κ2) is 3.41. The number of para-hydroxylation sites is 1. The average molecular weight is 205 g/mol. The molecule has 0 unspecified atom stereocenters. The first-order valence-corrected chi connectivity index (χ1v) is 4.16. The van der Waals surface area contributed by atoms with Gasteiger partial charge in [0.05, 0.1) is 4.92 Å². The zero-order valence-electron chi connectivity index (χ0n) is 7.57. The van der Waals surface area contributed by atoms with Gasteiger partial charge < -0.3 is 5.11 Å². The third-order valence-corrected chi connectivity index (χ3v) is 1.93. The van der Waals surface area contributed by atoms with Crippen molar-refractivity contribution in [2.24, 2.45) is 0 Å². The van der Waals surface area contributed by atoms with Crippen molar-refractivity contribution in [3.05, 3.63) is 46.8 Å². The van der Waals surface area contributed by atoms with Crippen LogP contribution < -0.4 is 0 Å². The first-order chi connectivity index (χ1) is 7.20. The second-order valence-electron chi connectivity index (χ2n) is 2.85. The molecule has 2 aromatic rings. The van der Waals surface area contributed by atoms with Gasteiger partial charge in [-0.3, -0.25) is 10.1 Å². The molecule has 0 radical (unpaired) electrons. The lowest BCUT2D eigenvalue weighted by atomic mass is 10.2. The molecule has 6 nitrogen and oxygen atoms in total. The molecule has 1 N–H and O–H groups in total. The minimum Gasteiger partial charge on any atom is -0.502 e. The van der Waals surface area contributed by atoms with Crippen molar-refractivity contribution in [2.45, 2.75) is 0 Å². The number of aromatic nitrogens is 2. The van der Waals surface area contributed by atoms with E-state index in [4.69, 9.17) is 0 Å². The van der Waals surface area contributed by atoms with Crippen molar-refractivity contribution in [2.75, 3.05) is 0 Å². The lowest BCUT2D eigenvalue weighted by Gasteiger charge is -2.03. The third kappa shape index (κ3) is 1.52. The molecule has 0 saturated heterocycles. The van der Waals surface area contributed by atoms with Crippen molar-refractivity contribution < 1.29 is 10.0 Å². The molecule has 0 fully saturated rings. The maximum Gasteiger partial charge on any atom is 0.336 e. The minimum absolute atomic E-state index is 0.241. The first-order valence-electron chi connectivity index (χ1n) is 4.16. The quantitative estimate of drug-likeness (QED) is 0.594. The van der Waals surface area contributed by atoms with Crippen LogP contribution in [-0.2, 0) is 0 Å². The van der Waals surface area contributed by atoms with Gasteiger partial charge in [-0.05, 0) is 18.2 Å². The molecule has 0 atom stereocenters. The van der Waals surface area contributed by atoms with E-state index in [0.29, 0.717) is 0 Å². The molecule has 1 aromatic carbocycles. The van der Waals surface area contributed by atoms with Gasteiger partial charge in [-0.2, -0.15) is 5.10 Å². The zero-order chi connectivity index (χ0) is 10.8. The minimum atomic E-state index is -0.633. The van der Waals surface area contributed by atoms with Crippen LogP contribution >= 0.6 is 0 Å². The molecule has 0 aliphatic carbocycles. The van der Waals surface area contributed by atoms with E-state index in [1.807, 2.05) is 0 Å². The number of benzene rings is 1. The zero-order valence-corrected chi connectivity index (χ0v) is 7.57. The Labute approximate surface area is 84.5 Å². The number of hydrogen-bond acceptors (Lipinski definition) is 4. The fraction of sp³-hybridized carbons (Fsp3) is 0. The second-order valence-corrected chi connectivity index (χ2v) is 2.85.